The number of hydrogen-bond acceptors (Lipinski definition) is 3. The summed E-state index contributed by atoms with van der Waals surface area (Å²) in [4.78, 5) is 27.3. The molecule has 1 N–H and O–H groups in total. The van der Waals surface area contributed by atoms with Crippen molar-refractivity contribution in [1.29, 1.82) is 0 Å². The second kappa shape index (κ2) is 5.84. The van der Waals surface area contributed by atoms with E-state index in [1.54, 1.807) is 11.9 Å². The van der Waals surface area contributed by atoms with Crippen molar-refractivity contribution in [2.45, 2.75) is 13.0 Å². The zero-order valence-corrected chi connectivity index (χ0v) is 11.3. The number of amides is 2. The molecule has 1 fully saturated rings. The van der Waals surface area contributed by atoms with Crippen LogP contribution in [0.1, 0.15) is 6.92 Å². The lowest BCUT2D eigenvalue weighted by Gasteiger charge is -2.33. The van der Waals surface area contributed by atoms with Gasteiger partial charge in [-0.1, -0.05) is 18.2 Å². The molecule has 0 spiro atoms. The molecule has 1 heterocycles. The number of carbonyl (C=O) groups is 2. The summed E-state index contributed by atoms with van der Waals surface area (Å²) in [6.45, 7) is 3.45. The Kier molecular flexibility index (Phi) is 4.16. The van der Waals surface area contributed by atoms with Crippen LogP contribution < -0.4 is 10.2 Å². The number of piperazine rings is 1. The summed E-state index contributed by atoms with van der Waals surface area (Å²) >= 11 is 0. The third kappa shape index (κ3) is 3.12. The molecule has 5 heteroatoms. The average Bonchev–Trinajstić information content (AvgIpc) is 2.46. The monoisotopic (exact) mass is 261 g/mol. The number of hydrogen-bond donors (Lipinski definition) is 1. The smallest absolute Gasteiger partial charge is 0.243 e. The summed E-state index contributed by atoms with van der Waals surface area (Å²) in [7, 11) is 1.76. The Morgan fingerprint density at radius 3 is 2.68 bits per heavy atom. The SMILES string of the molecule is CC(C(=O)N(C)c1ccccc1)N1CCNC(=O)C1. The Labute approximate surface area is 113 Å². The zero-order valence-electron chi connectivity index (χ0n) is 11.3. The van der Waals surface area contributed by atoms with E-state index in [1.165, 1.54) is 0 Å². The second-order valence-electron chi connectivity index (χ2n) is 4.73. The van der Waals surface area contributed by atoms with Crippen molar-refractivity contribution >= 4 is 17.5 Å². The minimum atomic E-state index is -0.295. The lowest BCUT2D eigenvalue weighted by Crippen LogP contribution is -2.55. The maximum atomic E-state index is 12.4. The van der Waals surface area contributed by atoms with Crippen molar-refractivity contribution in [2.75, 3.05) is 31.6 Å². The maximum Gasteiger partial charge on any atom is 0.243 e. The summed E-state index contributed by atoms with van der Waals surface area (Å²) in [6, 6.07) is 9.22. The minimum Gasteiger partial charge on any atom is -0.354 e. The van der Waals surface area contributed by atoms with E-state index in [4.69, 9.17) is 0 Å². The number of nitrogens with zero attached hydrogens (tertiary/aromatic N) is 2. The fourth-order valence-electron chi connectivity index (χ4n) is 2.20. The quantitative estimate of drug-likeness (QED) is 0.860. The van der Waals surface area contributed by atoms with Crippen molar-refractivity contribution in [3.63, 3.8) is 0 Å². The Hall–Kier alpha value is -1.88. The van der Waals surface area contributed by atoms with Crippen LogP contribution in [0.2, 0.25) is 0 Å². The molecule has 102 valence electrons. The van der Waals surface area contributed by atoms with E-state index < -0.39 is 0 Å². The van der Waals surface area contributed by atoms with Gasteiger partial charge in [0.2, 0.25) is 11.8 Å². The number of rotatable bonds is 3. The van der Waals surface area contributed by atoms with Gasteiger partial charge in [0.05, 0.1) is 12.6 Å². The first kappa shape index (κ1) is 13.5. The van der Waals surface area contributed by atoms with Crippen molar-refractivity contribution in [2.24, 2.45) is 0 Å². The van der Waals surface area contributed by atoms with Crippen LogP contribution in [0.5, 0.6) is 0 Å². The largest absolute Gasteiger partial charge is 0.354 e. The minimum absolute atomic E-state index is 0.000833. The molecule has 1 aliphatic heterocycles. The summed E-state index contributed by atoms with van der Waals surface area (Å²) in [5.74, 6) is -0.0193. The van der Waals surface area contributed by atoms with Gasteiger partial charge in [-0.3, -0.25) is 14.5 Å². The Bertz CT molecular complexity index is 461. The van der Waals surface area contributed by atoms with E-state index in [2.05, 4.69) is 5.32 Å². The highest BCUT2D eigenvalue weighted by molar-refractivity contribution is 5.96. The average molecular weight is 261 g/mol. The molecule has 0 aliphatic carbocycles. The maximum absolute atomic E-state index is 12.4. The molecule has 1 aliphatic rings. The summed E-state index contributed by atoms with van der Waals surface area (Å²) in [5.41, 5.74) is 0.862. The van der Waals surface area contributed by atoms with Gasteiger partial charge in [0.1, 0.15) is 0 Å². The van der Waals surface area contributed by atoms with E-state index in [0.717, 1.165) is 5.69 Å². The molecular weight excluding hydrogens is 242 g/mol. The standard InChI is InChI=1S/C14H19N3O2/c1-11(17-9-8-15-13(18)10-17)14(19)16(2)12-6-4-3-5-7-12/h3-7,11H,8-10H2,1-2H3,(H,15,18). The molecule has 2 amide bonds. The van der Waals surface area contributed by atoms with Gasteiger partial charge < -0.3 is 10.2 Å². The molecule has 19 heavy (non-hydrogen) atoms. The molecule has 1 aromatic carbocycles. The van der Waals surface area contributed by atoms with Crippen LogP contribution in [0, 0.1) is 0 Å². The topological polar surface area (TPSA) is 52.7 Å². The van der Waals surface area contributed by atoms with Crippen molar-refractivity contribution in [1.82, 2.24) is 10.2 Å². The molecule has 0 saturated carbocycles. The third-order valence-corrected chi connectivity index (χ3v) is 3.45. The third-order valence-electron chi connectivity index (χ3n) is 3.45. The van der Waals surface area contributed by atoms with Crippen LogP contribution in [0.3, 0.4) is 0 Å². The van der Waals surface area contributed by atoms with E-state index in [1.807, 2.05) is 42.2 Å². The van der Waals surface area contributed by atoms with Gasteiger partial charge in [0.25, 0.3) is 0 Å². The summed E-state index contributed by atoms with van der Waals surface area (Å²) < 4.78 is 0. The fraction of sp³-hybridized carbons (Fsp3) is 0.429. The molecule has 1 saturated heterocycles. The van der Waals surface area contributed by atoms with Gasteiger partial charge in [0.15, 0.2) is 0 Å². The fourth-order valence-corrected chi connectivity index (χ4v) is 2.20. The van der Waals surface area contributed by atoms with Gasteiger partial charge in [0, 0.05) is 25.8 Å². The van der Waals surface area contributed by atoms with E-state index in [-0.39, 0.29) is 24.4 Å². The lowest BCUT2D eigenvalue weighted by atomic mass is 10.2. The first-order valence-electron chi connectivity index (χ1n) is 6.43. The van der Waals surface area contributed by atoms with Crippen molar-refractivity contribution in [3.8, 4) is 0 Å². The lowest BCUT2D eigenvalue weighted by molar-refractivity contribution is -0.128. The first-order chi connectivity index (χ1) is 9.09. The highest BCUT2D eigenvalue weighted by Gasteiger charge is 2.28. The van der Waals surface area contributed by atoms with Crippen LogP contribution in [0.15, 0.2) is 30.3 Å². The van der Waals surface area contributed by atoms with Crippen LogP contribution in [0.25, 0.3) is 0 Å². The van der Waals surface area contributed by atoms with Gasteiger partial charge in [-0.15, -0.1) is 0 Å². The zero-order chi connectivity index (χ0) is 13.8. The predicted octanol–water partition coefficient (Wildman–Crippen LogP) is 0.470. The molecule has 1 aromatic rings. The van der Waals surface area contributed by atoms with Gasteiger partial charge in [-0.05, 0) is 19.1 Å². The summed E-state index contributed by atoms with van der Waals surface area (Å²) in [6.07, 6.45) is 0. The number of para-hydroxylation sites is 1. The van der Waals surface area contributed by atoms with Crippen molar-refractivity contribution in [3.05, 3.63) is 30.3 Å². The Morgan fingerprint density at radius 2 is 2.05 bits per heavy atom. The first-order valence-corrected chi connectivity index (χ1v) is 6.43. The number of carbonyl (C=O) groups excluding carboxylic acids is 2. The molecule has 0 bridgehead atoms. The molecular formula is C14H19N3O2. The van der Waals surface area contributed by atoms with E-state index in [0.29, 0.717) is 13.1 Å². The molecule has 1 unspecified atom stereocenters. The molecule has 0 radical (unpaired) electrons. The van der Waals surface area contributed by atoms with Gasteiger partial charge in [-0.2, -0.15) is 0 Å². The van der Waals surface area contributed by atoms with E-state index in [9.17, 15) is 9.59 Å². The molecule has 0 aromatic heterocycles. The van der Waals surface area contributed by atoms with Crippen molar-refractivity contribution < 1.29 is 9.59 Å². The number of anilines is 1. The Morgan fingerprint density at radius 1 is 1.37 bits per heavy atom. The molecule has 1 atom stereocenters. The van der Waals surface area contributed by atoms with E-state index >= 15 is 0 Å². The number of likely N-dealkylation sites (N-methyl/N-ethyl adjacent to an activating group) is 1. The number of nitrogens with one attached hydrogen (secondary N) is 1. The predicted molar refractivity (Wildman–Crippen MR) is 73.9 cm³/mol. The van der Waals surface area contributed by atoms with Crippen LogP contribution >= 0.6 is 0 Å². The molecule has 2 rings (SSSR count). The second-order valence-corrected chi connectivity index (χ2v) is 4.73. The number of benzene rings is 1. The van der Waals surface area contributed by atoms with Crippen LogP contribution in [-0.2, 0) is 9.59 Å². The van der Waals surface area contributed by atoms with Gasteiger partial charge >= 0.3 is 0 Å². The highest BCUT2D eigenvalue weighted by Crippen LogP contribution is 2.14. The summed E-state index contributed by atoms with van der Waals surface area (Å²) in [5, 5.41) is 2.76. The highest BCUT2D eigenvalue weighted by atomic mass is 16.2. The normalized spacial score (nSPS) is 17.7. The van der Waals surface area contributed by atoms with Crippen LogP contribution in [-0.4, -0.2) is 49.4 Å². The van der Waals surface area contributed by atoms with Gasteiger partial charge in [-0.25, -0.2) is 0 Å². The molecule has 5 nitrogen and oxygen atoms in total. The van der Waals surface area contributed by atoms with Crippen LogP contribution in [0.4, 0.5) is 5.69 Å². The Balaban J connectivity index is 2.04.